The summed E-state index contributed by atoms with van der Waals surface area (Å²) in [6.07, 6.45) is 2.62. The minimum atomic E-state index is -1.40. The molecule has 4 aromatic rings. The normalized spacial score (nSPS) is 27.2. The molecule has 2 N–H and O–H groups in total. The molecular weight excluding hydrogens is 651 g/mol. The van der Waals surface area contributed by atoms with Gasteiger partial charge in [0.25, 0.3) is 11.8 Å². The van der Waals surface area contributed by atoms with Gasteiger partial charge in [-0.25, -0.2) is 0 Å². The number of thiophene rings is 1. The second-order valence-electron chi connectivity index (χ2n) is 13.5. The smallest absolute Gasteiger partial charge is 0.260 e. The Balaban J connectivity index is 1.31. The lowest BCUT2D eigenvalue weighted by molar-refractivity contribution is -0.141. The zero-order valence-electron chi connectivity index (χ0n) is 27.5. The molecule has 4 amide bonds. The Hall–Kier alpha value is -5.06. The van der Waals surface area contributed by atoms with E-state index in [1.807, 2.05) is 109 Å². The van der Waals surface area contributed by atoms with Gasteiger partial charge in [0, 0.05) is 16.4 Å². The third-order valence-electron chi connectivity index (χ3n) is 11.0. The minimum absolute atomic E-state index is 0.0390. The van der Waals surface area contributed by atoms with Crippen molar-refractivity contribution < 1.29 is 29.0 Å². The summed E-state index contributed by atoms with van der Waals surface area (Å²) < 4.78 is 6.11. The molecule has 1 saturated carbocycles. The van der Waals surface area contributed by atoms with E-state index in [1.54, 1.807) is 0 Å². The Morgan fingerprint density at radius 3 is 2.38 bits per heavy atom. The largest absolute Gasteiger partial charge is 0.491 e. The van der Waals surface area contributed by atoms with Gasteiger partial charge in [0.2, 0.25) is 11.8 Å². The lowest BCUT2D eigenvalue weighted by Crippen LogP contribution is -2.53. The van der Waals surface area contributed by atoms with Crippen molar-refractivity contribution in [3.8, 4) is 5.75 Å². The number of likely N-dealkylation sites (tertiary alicyclic amines) is 1. The van der Waals surface area contributed by atoms with Crippen LogP contribution in [0.25, 0.3) is 0 Å². The fourth-order valence-corrected chi connectivity index (χ4v) is 9.57. The average Bonchev–Trinajstić information content (AvgIpc) is 3.80. The Morgan fingerprint density at radius 2 is 1.64 bits per heavy atom. The van der Waals surface area contributed by atoms with Crippen LogP contribution in [-0.4, -0.2) is 51.9 Å². The molecule has 3 fully saturated rings. The molecule has 254 valence electrons. The standard InChI is InChI=1S/C40H37N3O6S/c1-24-13-15-26(16-14-24)41-43-37(46)32-22-31-28(17-18-30-34(31)38(47)42(36(30)45)23-27-10-7-21-50-27)35(29-11-5-6-12-33(29)49-20-19-44)40(32,39(43)48)25-8-3-2-4-9-25/h2-17,21,30-32,34-35,41,44H,18-20,22-23H2,1H3. The van der Waals surface area contributed by atoms with Crippen LogP contribution in [-0.2, 0) is 31.1 Å². The molecule has 6 unspecified atom stereocenters. The monoisotopic (exact) mass is 687 g/mol. The van der Waals surface area contributed by atoms with Gasteiger partial charge in [0.15, 0.2) is 0 Å². The molecule has 9 nitrogen and oxygen atoms in total. The molecular formula is C40H37N3O6S. The van der Waals surface area contributed by atoms with Gasteiger partial charge in [-0.05, 0) is 60.9 Å². The molecule has 8 rings (SSSR count). The van der Waals surface area contributed by atoms with Gasteiger partial charge in [-0.3, -0.25) is 29.5 Å². The molecule has 0 bridgehead atoms. The average molecular weight is 688 g/mol. The summed E-state index contributed by atoms with van der Waals surface area (Å²) in [5.41, 5.74) is 5.62. The van der Waals surface area contributed by atoms with Crippen LogP contribution in [0.1, 0.15) is 40.3 Å². The topological polar surface area (TPSA) is 116 Å². The van der Waals surface area contributed by atoms with Crippen molar-refractivity contribution in [2.75, 3.05) is 18.6 Å². The minimum Gasteiger partial charge on any atom is -0.491 e. The molecule has 2 saturated heterocycles. The van der Waals surface area contributed by atoms with Crippen molar-refractivity contribution in [3.05, 3.63) is 130 Å². The molecule has 50 heavy (non-hydrogen) atoms. The van der Waals surface area contributed by atoms with Gasteiger partial charge < -0.3 is 9.84 Å². The van der Waals surface area contributed by atoms with E-state index < -0.39 is 40.9 Å². The number of carbonyl (C=O) groups is 4. The number of nitrogens with zero attached hydrogens (tertiary/aromatic N) is 2. The number of nitrogens with one attached hydrogen (secondary N) is 1. The van der Waals surface area contributed by atoms with Crippen LogP contribution in [0.2, 0.25) is 0 Å². The Labute approximate surface area is 294 Å². The summed E-state index contributed by atoms with van der Waals surface area (Å²) >= 11 is 1.50. The molecule has 3 aromatic carbocycles. The van der Waals surface area contributed by atoms with Gasteiger partial charge in [-0.15, -0.1) is 11.3 Å². The van der Waals surface area contributed by atoms with Crippen molar-refractivity contribution in [2.24, 2.45) is 23.7 Å². The number of rotatable bonds is 9. The van der Waals surface area contributed by atoms with Gasteiger partial charge in [-0.1, -0.05) is 83.9 Å². The van der Waals surface area contributed by atoms with Crippen molar-refractivity contribution in [2.45, 2.75) is 37.6 Å². The van der Waals surface area contributed by atoms with E-state index in [4.69, 9.17) is 4.74 Å². The van der Waals surface area contributed by atoms with E-state index in [0.29, 0.717) is 29.0 Å². The van der Waals surface area contributed by atoms with Crippen molar-refractivity contribution in [1.29, 1.82) is 0 Å². The summed E-state index contributed by atoms with van der Waals surface area (Å²) in [5.74, 6) is -3.95. The number of amides is 4. The van der Waals surface area contributed by atoms with E-state index >= 15 is 4.79 Å². The molecule has 2 aliphatic heterocycles. The third-order valence-corrected chi connectivity index (χ3v) is 11.8. The number of carbonyl (C=O) groups excluding carboxylic acids is 4. The maximum atomic E-state index is 15.3. The Bertz CT molecular complexity index is 1990. The summed E-state index contributed by atoms with van der Waals surface area (Å²) in [4.78, 5) is 60.7. The summed E-state index contributed by atoms with van der Waals surface area (Å²) in [6, 6.07) is 28.2. The number of imide groups is 2. The SMILES string of the molecule is Cc1ccc(NN2C(=O)C3CC4C(=CCC5C(=O)N(Cc6cccs6)C(=O)C54)C(c4ccccc4OCCO)C3(c3ccccc3)C2=O)cc1. The predicted octanol–water partition coefficient (Wildman–Crippen LogP) is 5.61. The second-order valence-corrected chi connectivity index (χ2v) is 14.6. The van der Waals surface area contributed by atoms with Crippen LogP contribution >= 0.6 is 11.3 Å². The number of fused-ring (bicyclic) bond motifs is 4. The predicted molar refractivity (Wildman–Crippen MR) is 188 cm³/mol. The number of allylic oxidation sites excluding steroid dienone is 2. The fraction of sp³-hybridized carbons (Fsp3) is 0.300. The molecule has 3 heterocycles. The van der Waals surface area contributed by atoms with Crippen LogP contribution in [0.5, 0.6) is 5.75 Å². The van der Waals surface area contributed by atoms with Crippen LogP contribution < -0.4 is 10.2 Å². The number of hydrogen-bond donors (Lipinski definition) is 2. The number of aryl methyl sites for hydroxylation is 1. The van der Waals surface area contributed by atoms with E-state index in [1.165, 1.54) is 16.2 Å². The van der Waals surface area contributed by atoms with Crippen molar-refractivity contribution in [3.63, 3.8) is 0 Å². The Morgan fingerprint density at radius 1 is 0.880 bits per heavy atom. The molecule has 0 radical (unpaired) electrons. The van der Waals surface area contributed by atoms with E-state index in [-0.39, 0.29) is 43.9 Å². The van der Waals surface area contributed by atoms with Crippen LogP contribution in [0.15, 0.2) is 108 Å². The highest BCUT2D eigenvalue weighted by Gasteiger charge is 2.70. The first kappa shape index (κ1) is 32.2. The van der Waals surface area contributed by atoms with Gasteiger partial charge in [-0.2, -0.15) is 5.01 Å². The maximum Gasteiger partial charge on any atom is 0.260 e. The number of hydrazine groups is 1. The van der Waals surface area contributed by atoms with Crippen LogP contribution in [0, 0.1) is 30.6 Å². The lowest BCUT2D eigenvalue weighted by atomic mass is 9.49. The Kier molecular flexibility index (Phi) is 8.16. The molecule has 2 aliphatic carbocycles. The lowest BCUT2D eigenvalue weighted by Gasteiger charge is -2.50. The first-order valence-corrected chi connectivity index (χ1v) is 17.9. The number of ether oxygens (including phenoxy) is 1. The molecule has 0 spiro atoms. The molecule has 4 aliphatic rings. The number of anilines is 1. The number of para-hydroxylation sites is 1. The van der Waals surface area contributed by atoms with Crippen LogP contribution in [0.3, 0.4) is 0 Å². The second kappa shape index (κ2) is 12.7. The highest BCUT2D eigenvalue weighted by Crippen LogP contribution is 2.65. The summed E-state index contributed by atoms with van der Waals surface area (Å²) in [6.45, 7) is 2.02. The van der Waals surface area contributed by atoms with E-state index in [2.05, 4.69) is 5.43 Å². The highest BCUT2D eigenvalue weighted by molar-refractivity contribution is 7.09. The van der Waals surface area contributed by atoms with Gasteiger partial charge >= 0.3 is 0 Å². The quantitative estimate of drug-likeness (QED) is 0.174. The molecule has 1 aromatic heterocycles. The summed E-state index contributed by atoms with van der Waals surface area (Å²) in [7, 11) is 0. The number of benzene rings is 3. The summed E-state index contributed by atoms with van der Waals surface area (Å²) in [5, 5.41) is 12.8. The first-order valence-electron chi connectivity index (χ1n) is 17.0. The number of hydrogen-bond acceptors (Lipinski definition) is 8. The van der Waals surface area contributed by atoms with E-state index in [0.717, 1.165) is 21.0 Å². The van der Waals surface area contributed by atoms with Gasteiger partial charge in [0.05, 0.1) is 42.0 Å². The van der Waals surface area contributed by atoms with Crippen LogP contribution in [0.4, 0.5) is 5.69 Å². The zero-order chi connectivity index (χ0) is 34.6. The maximum absolute atomic E-state index is 15.3. The number of aliphatic hydroxyl groups is 1. The van der Waals surface area contributed by atoms with Gasteiger partial charge in [0.1, 0.15) is 12.4 Å². The molecule has 10 heteroatoms. The zero-order valence-corrected chi connectivity index (χ0v) is 28.3. The highest BCUT2D eigenvalue weighted by atomic mass is 32.1. The first-order chi connectivity index (χ1) is 24.3. The van der Waals surface area contributed by atoms with Crippen molar-refractivity contribution >= 4 is 40.7 Å². The van der Waals surface area contributed by atoms with Crippen molar-refractivity contribution in [1.82, 2.24) is 9.91 Å². The third kappa shape index (κ3) is 4.92. The fourth-order valence-electron chi connectivity index (χ4n) is 8.88. The number of aliphatic hydroxyl groups excluding tert-OH is 1. The van der Waals surface area contributed by atoms with E-state index in [9.17, 15) is 19.5 Å². The molecule has 6 atom stereocenters.